The number of hydrogen-bond acceptors (Lipinski definition) is 5. The van der Waals surface area contributed by atoms with Gasteiger partial charge in [-0.05, 0) is 30.7 Å². The molecular formula is C17H21NO5. The minimum Gasteiger partial charge on any atom is -0.493 e. The topological polar surface area (TPSA) is 73.9 Å². The fourth-order valence-electron chi connectivity index (χ4n) is 1.72. The summed E-state index contributed by atoms with van der Waals surface area (Å²) in [6.07, 6.45) is 4.58. The van der Waals surface area contributed by atoms with Crippen molar-refractivity contribution in [2.75, 3.05) is 20.8 Å². The summed E-state index contributed by atoms with van der Waals surface area (Å²) < 4.78 is 15.2. The highest BCUT2D eigenvalue weighted by Crippen LogP contribution is 2.28. The molecule has 1 aromatic carbocycles. The van der Waals surface area contributed by atoms with Gasteiger partial charge in [0.25, 0.3) is 0 Å². The molecule has 0 aliphatic carbocycles. The highest BCUT2D eigenvalue weighted by molar-refractivity contribution is 5.94. The van der Waals surface area contributed by atoms with E-state index in [-0.39, 0.29) is 0 Å². The summed E-state index contributed by atoms with van der Waals surface area (Å²) in [7, 11) is 2.80. The molecule has 124 valence electrons. The van der Waals surface area contributed by atoms with Crippen LogP contribution in [0, 0.1) is 0 Å². The van der Waals surface area contributed by atoms with Crippen LogP contribution in [0.1, 0.15) is 12.5 Å². The van der Waals surface area contributed by atoms with E-state index >= 15 is 0 Å². The summed E-state index contributed by atoms with van der Waals surface area (Å²) in [5.74, 6) is 0.247. The Balaban J connectivity index is 2.74. The van der Waals surface area contributed by atoms with Crippen LogP contribution in [0.25, 0.3) is 6.08 Å². The lowest BCUT2D eigenvalue weighted by Crippen LogP contribution is -2.38. The summed E-state index contributed by atoms with van der Waals surface area (Å²) in [5, 5.41) is 2.50. The second-order valence-electron chi connectivity index (χ2n) is 4.60. The number of methoxy groups -OCH3 is 2. The minimum atomic E-state index is -0.707. The second-order valence-corrected chi connectivity index (χ2v) is 4.60. The third-order valence-corrected chi connectivity index (χ3v) is 2.89. The highest BCUT2D eigenvalue weighted by Gasteiger charge is 2.14. The molecule has 1 rings (SSSR count). The van der Waals surface area contributed by atoms with Crippen molar-refractivity contribution >= 4 is 18.0 Å². The SMILES string of the molecule is C=CCOc1ccc(/C=C/C(=O)NC(C)C(=O)OC)cc1OC. The molecule has 1 aromatic rings. The number of carbonyl (C=O) groups is 2. The summed E-state index contributed by atoms with van der Waals surface area (Å²) in [6.45, 7) is 5.51. The minimum absolute atomic E-state index is 0.374. The first-order valence-corrected chi connectivity index (χ1v) is 7.00. The predicted molar refractivity (Wildman–Crippen MR) is 87.3 cm³/mol. The van der Waals surface area contributed by atoms with E-state index in [0.29, 0.717) is 18.1 Å². The van der Waals surface area contributed by atoms with Crippen molar-refractivity contribution in [3.63, 3.8) is 0 Å². The second kappa shape index (κ2) is 9.30. The molecule has 1 unspecified atom stereocenters. The average molecular weight is 319 g/mol. The van der Waals surface area contributed by atoms with Crippen LogP contribution in [0.5, 0.6) is 11.5 Å². The maximum atomic E-state index is 11.7. The fourth-order valence-corrected chi connectivity index (χ4v) is 1.72. The summed E-state index contributed by atoms with van der Waals surface area (Å²) in [5.41, 5.74) is 0.758. The van der Waals surface area contributed by atoms with Crippen molar-refractivity contribution in [3.05, 3.63) is 42.5 Å². The van der Waals surface area contributed by atoms with Gasteiger partial charge in [-0.1, -0.05) is 18.7 Å². The van der Waals surface area contributed by atoms with Crippen LogP contribution in [-0.4, -0.2) is 38.7 Å². The molecule has 0 spiro atoms. The fraction of sp³-hybridized carbons (Fsp3) is 0.294. The number of ether oxygens (including phenoxy) is 3. The Morgan fingerprint density at radius 1 is 1.30 bits per heavy atom. The number of amides is 1. The molecule has 0 aliphatic heterocycles. The Bertz CT molecular complexity index is 595. The van der Waals surface area contributed by atoms with E-state index in [1.165, 1.54) is 20.3 Å². The average Bonchev–Trinajstić information content (AvgIpc) is 2.57. The van der Waals surface area contributed by atoms with Gasteiger partial charge < -0.3 is 19.5 Å². The standard InChI is InChI=1S/C17H21NO5/c1-5-10-23-14-8-6-13(11-15(14)21-3)7-9-16(19)18-12(2)17(20)22-4/h5-9,11-12H,1,10H2,2-4H3,(H,18,19)/b9-7+. The molecule has 6 nitrogen and oxygen atoms in total. The van der Waals surface area contributed by atoms with E-state index in [9.17, 15) is 9.59 Å². The van der Waals surface area contributed by atoms with Crippen LogP contribution in [0.15, 0.2) is 36.9 Å². The van der Waals surface area contributed by atoms with E-state index in [2.05, 4.69) is 16.6 Å². The third kappa shape index (κ3) is 5.86. The zero-order valence-electron chi connectivity index (χ0n) is 13.5. The lowest BCUT2D eigenvalue weighted by Gasteiger charge is -2.10. The number of nitrogens with one attached hydrogen (secondary N) is 1. The molecular weight excluding hydrogens is 298 g/mol. The number of benzene rings is 1. The van der Waals surface area contributed by atoms with Crippen LogP contribution in [-0.2, 0) is 14.3 Å². The van der Waals surface area contributed by atoms with Crippen molar-refractivity contribution in [3.8, 4) is 11.5 Å². The molecule has 0 radical (unpaired) electrons. The van der Waals surface area contributed by atoms with Gasteiger partial charge in [0.05, 0.1) is 14.2 Å². The zero-order chi connectivity index (χ0) is 17.2. The van der Waals surface area contributed by atoms with Gasteiger partial charge >= 0.3 is 5.97 Å². The Hall–Kier alpha value is -2.76. The van der Waals surface area contributed by atoms with Crippen molar-refractivity contribution < 1.29 is 23.8 Å². The molecule has 0 aromatic heterocycles. The van der Waals surface area contributed by atoms with Crippen molar-refractivity contribution in [1.82, 2.24) is 5.32 Å². The Morgan fingerprint density at radius 2 is 2.04 bits per heavy atom. The summed E-state index contributed by atoms with van der Waals surface area (Å²) in [6, 6.07) is 4.57. The van der Waals surface area contributed by atoms with Gasteiger partial charge in [0.15, 0.2) is 11.5 Å². The van der Waals surface area contributed by atoms with Gasteiger partial charge in [0.2, 0.25) is 5.91 Å². The highest BCUT2D eigenvalue weighted by atomic mass is 16.5. The quantitative estimate of drug-likeness (QED) is 0.450. The maximum absolute atomic E-state index is 11.7. The van der Waals surface area contributed by atoms with Gasteiger partial charge in [-0.25, -0.2) is 4.79 Å². The number of rotatable bonds is 8. The first-order chi connectivity index (χ1) is 11.0. The number of hydrogen-bond donors (Lipinski definition) is 1. The van der Waals surface area contributed by atoms with Crippen molar-refractivity contribution in [2.45, 2.75) is 13.0 Å². The van der Waals surface area contributed by atoms with Gasteiger partial charge in [0.1, 0.15) is 12.6 Å². The molecule has 0 bridgehead atoms. The van der Waals surface area contributed by atoms with Crippen LogP contribution in [0.4, 0.5) is 0 Å². The van der Waals surface area contributed by atoms with E-state index in [4.69, 9.17) is 9.47 Å². The van der Waals surface area contributed by atoms with E-state index < -0.39 is 17.9 Å². The predicted octanol–water partition coefficient (Wildman–Crippen LogP) is 1.95. The van der Waals surface area contributed by atoms with Crippen molar-refractivity contribution in [2.24, 2.45) is 0 Å². The Labute approximate surface area is 135 Å². The lowest BCUT2D eigenvalue weighted by atomic mass is 10.2. The molecule has 0 saturated carbocycles. The molecule has 0 heterocycles. The zero-order valence-corrected chi connectivity index (χ0v) is 13.5. The largest absolute Gasteiger partial charge is 0.493 e. The van der Waals surface area contributed by atoms with Crippen LogP contribution in [0.3, 0.4) is 0 Å². The molecule has 6 heteroatoms. The molecule has 0 aliphatic rings. The Morgan fingerprint density at radius 3 is 2.65 bits per heavy atom. The molecule has 23 heavy (non-hydrogen) atoms. The summed E-state index contributed by atoms with van der Waals surface area (Å²) in [4.78, 5) is 23.0. The smallest absolute Gasteiger partial charge is 0.328 e. The molecule has 0 saturated heterocycles. The van der Waals surface area contributed by atoms with Gasteiger partial charge in [0, 0.05) is 6.08 Å². The van der Waals surface area contributed by atoms with Gasteiger partial charge in [-0.15, -0.1) is 0 Å². The Kier molecular flexibility index (Phi) is 7.39. The molecule has 1 amide bonds. The van der Waals surface area contributed by atoms with Crippen LogP contribution in [0.2, 0.25) is 0 Å². The van der Waals surface area contributed by atoms with E-state index in [1.807, 2.05) is 0 Å². The lowest BCUT2D eigenvalue weighted by molar-refractivity contribution is -0.144. The maximum Gasteiger partial charge on any atom is 0.328 e. The monoisotopic (exact) mass is 319 g/mol. The van der Waals surface area contributed by atoms with Gasteiger partial charge in [-0.3, -0.25) is 4.79 Å². The van der Waals surface area contributed by atoms with Crippen LogP contribution >= 0.6 is 0 Å². The normalized spacial score (nSPS) is 11.6. The first kappa shape index (κ1) is 18.3. The summed E-state index contributed by atoms with van der Waals surface area (Å²) >= 11 is 0. The van der Waals surface area contributed by atoms with Crippen molar-refractivity contribution in [1.29, 1.82) is 0 Å². The molecule has 1 atom stereocenters. The van der Waals surface area contributed by atoms with Crippen LogP contribution < -0.4 is 14.8 Å². The van der Waals surface area contributed by atoms with E-state index in [1.54, 1.807) is 37.3 Å². The number of esters is 1. The van der Waals surface area contributed by atoms with Gasteiger partial charge in [-0.2, -0.15) is 0 Å². The first-order valence-electron chi connectivity index (χ1n) is 7.00. The third-order valence-electron chi connectivity index (χ3n) is 2.89. The van der Waals surface area contributed by atoms with E-state index in [0.717, 1.165) is 5.56 Å². The molecule has 0 fully saturated rings. The number of carbonyl (C=O) groups excluding carboxylic acids is 2. The molecule has 1 N–H and O–H groups in total.